The topological polar surface area (TPSA) is 113 Å². The number of hydrogen-bond acceptors (Lipinski definition) is 3. The van der Waals surface area contributed by atoms with Crippen molar-refractivity contribution in [1.82, 2.24) is 10.2 Å². The summed E-state index contributed by atoms with van der Waals surface area (Å²) < 4.78 is 0. The van der Waals surface area contributed by atoms with Crippen LogP contribution in [0.5, 0.6) is 0 Å². The third kappa shape index (κ3) is 3.84. The van der Waals surface area contributed by atoms with Crippen LogP contribution < -0.4 is 11.1 Å². The summed E-state index contributed by atoms with van der Waals surface area (Å²) >= 11 is 0. The quantitative estimate of drug-likeness (QED) is 0.660. The molecule has 0 spiro atoms. The first-order chi connectivity index (χ1) is 8.91. The second kappa shape index (κ2) is 6.40. The summed E-state index contributed by atoms with van der Waals surface area (Å²) in [5, 5.41) is 11.7. The van der Waals surface area contributed by atoms with Gasteiger partial charge in [0.05, 0.1) is 12.0 Å². The summed E-state index contributed by atoms with van der Waals surface area (Å²) in [6, 6.07) is -0.366. The zero-order valence-electron chi connectivity index (χ0n) is 11.1. The monoisotopic (exact) mass is 271 g/mol. The Hall–Kier alpha value is -1.79. The molecule has 1 aliphatic heterocycles. The number of rotatable bonds is 5. The molecule has 0 radical (unpaired) electrons. The number of carbonyl (C=O) groups excluding carboxylic acids is 2. The van der Waals surface area contributed by atoms with E-state index in [-0.39, 0.29) is 12.6 Å². The number of carboxylic acid groups (broad SMARTS) is 1. The molecular formula is C12H21N3O4. The Morgan fingerprint density at radius 1 is 1.32 bits per heavy atom. The van der Waals surface area contributed by atoms with Crippen LogP contribution >= 0.6 is 0 Å². The van der Waals surface area contributed by atoms with Gasteiger partial charge in [-0.25, -0.2) is 4.79 Å². The third-order valence-corrected chi connectivity index (χ3v) is 3.60. The minimum atomic E-state index is -0.786. The molecule has 0 aromatic heterocycles. The van der Waals surface area contributed by atoms with E-state index in [1.54, 1.807) is 0 Å². The number of amides is 3. The lowest BCUT2D eigenvalue weighted by atomic mass is 9.75. The number of hydrogen-bond donors (Lipinski definition) is 3. The molecule has 1 saturated heterocycles. The Balaban J connectivity index is 2.53. The van der Waals surface area contributed by atoms with E-state index >= 15 is 0 Å². The van der Waals surface area contributed by atoms with Crippen LogP contribution in [0.1, 0.15) is 32.6 Å². The first-order valence-corrected chi connectivity index (χ1v) is 6.46. The van der Waals surface area contributed by atoms with E-state index < -0.39 is 17.3 Å². The Morgan fingerprint density at radius 2 is 1.89 bits per heavy atom. The summed E-state index contributed by atoms with van der Waals surface area (Å²) in [6.45, 7) is 2.53. The molecule has 1 rings (SSSR count). The molecule has 1 heterocycles. The molecule has 1 fully saturated rings. The van der Waals surface area contributed by atoms with Crippen molar-refractivity contribution >= 4 is 17.9 Å². The molecule has 0 unspecified atom stereocenters. The van der Waals surface area contributed by atoms with E-state index in [0.717, 1.165) is 6.42 Å². The van der Waals surface area contributed by atoms with Gasteiger partial charge >= 0.3 is 12.0 Å². The fourth-order valence-corrected chi connectivity index (χ4v) is 2.46. The van der Waals surface area contributed by atoms with E-state index in [0.29, 0.717) is 32.4 Å². The van der Waals surface area contributed by atoms with Gasteiger partial charge in [0, 0.05) is 13.1 Å². The highest BCUT2D eigenvalue weighted by molar-refractivity contribution is 5.83. The second-order valence-corrected chi connectivity index (χ2v) is 4.95. The zero-order chi connectivity index (χ0) is 14.5. The number of nitrogens with two attached hydrogens (primary N) is 1. The van der Waals surface area contributed by atoms with E-state index in [1.807, 2.05) is 6.92 Å². The summed E-state index contributed by atoms with van der Waals surface area (Å²) in [7, 11) is 0. The first kappa shape index (κ1) is 15.3. The van der Waals surface area contributed by atoms with Gasteiger partial charge in [-0.3, -0.25) is 9.59 Å². The average molecular weight is 271 g/mol. The molecule has 0 aromatic carbocycles. The number of urea groups is 1. The predicted octanol–water partition coefficient (Wildman–Crippen LogP) is 0.148. The maximum Gasteiger partial charge on any atom is 0.317 e. The van der Waals surface area contributed by atoms with Gasteiger partial charge in [-0.05, 0) is 19.3 Å². The molecule has 0 atom stereocenters. The largest absolute Gasteiger partial charge is 0.481 e. The minimum absolute atomic E-state index is 0.200. The summed E-state index contributed by atoms with van der Waals surface area (Å²) in [6.07, 6.45) is 2.32. The van der Waals surface area contributed by atoms with Crippen LogP contribution in [0.2, 0.25) is 0 Å². The molecule has 0 saturated carbocycles. The molecule has 7 heteroatoms. The number of carbonyl (C=O) groups is 3. The van der Waals surface area contributed by atoms with Gasteiger partial charge in [-0.2, -0.15) is 0 Å². The van der Waals surface area contributed by atoms with Crippen molar-refractivity contribution < 1.29 is 19.5 Å². The van der Waals surface area contributed by atoms with Crippen LogP contribution in [0, 0.1) is 5.41 Å². The summed E-state index contributed by atoms with van der Waals surface area (Å²) in [4.78, 5) is 35.2. The zero-order valence-corrected chi connectivity index (χ0v) is 11.1. The molecule has 108 valence electrons. The summed E-state index contributed by atoms with van der Waals surface area (Å²) in [5.41, 5.74) is 4.23. The van der Waals surface area contributed by atoms with E-state index in [9.17, 15) is 19.5 Å². The van der Waals surface area contributed by atoms with Crippen molar-refractivity contribution in [2.45, 2.75) is 32.6 Å². The number of aliphatic carboxylic acids is 1. The number of piperidine rings is 1. The first-order valence-electron chi connectivity index (χ1n) is 6.46. The van der Waals surface area contributed by atoms with Gasteiger partial charge < -0.3 is 21.1 Å². The molecule has 4 N–H and O–H groups in total. The molecule has 1 aliphatic rings. The van der Waals surface area contributed by atoms with Crippen molar-refractivity contribution in [3.8, 4) is 0 Å². The Bertz CT molecular complexity index is 362. The number of carboxylic acids is 1. The molecular weight excluding hydrogens is 250 g/mol. The van der Waals surface area contributed by atoms with Crippen LogP contribution in [0.15, 0.2) is 0 Å². The fraction of sp³-hybridized carbons (Fsp3) is 0.750. The molecule has 19 heavy (non-hydrogen) atoms. The van der Waals surface area contributed by atoms with E-state index in [1.165, 1.54) is 4.90 Å². The average Bonchev–Trinajstić information content (AvgIpc) is 2.37. The number of nitrogens with one attached hydrogen (secondary N) is 1. The molecule has 3 amide bonds. The van der Waals surface area contributed by atoms with Gasteiger partial charge in [0.25, 0.3) is 0 Å². The highest BCUT2D eigenvalue weighted by atomic mass is 16.4. The van der Waals surface area contributed by atoms with Crippen molar-refractivity contribution in [3.05, 3.63) is 0 Å². The van der Waals surface area contributed by atoms with Gasteiger partial charge in [-0.15, -0.1) is 0 Å². The van der Waals surface area contributed by atoms with Crippen molar-refractivity contribution in [1.29, 1.82) is 0 Å². The smallest absolute Gasteiger partial charge is 0.317 e. The van der Waals surface area contributed by atoms with Crippen LogP contribution in [0.3, 0.4) is 0 Å². The molecule has 0 bridgehead atoms. The normalized spacial score (nSPS) is 17.8. The minimum Gasteiger partial charge on any atom is -0.481 e. The van der Waals surface area contributed by atoms with Crippen LogP contribution in [-0.2, 0) is 9.59 Å². The number of primary amides is 1. The maximum absolute atomic E-state index is 11.7. The molecule has 7 nitrogen and oxygen atoms in total. The lowest BCUT2D eigenvalue weighted by molar-refractivity contribution is -0.152. The third-order valence-electron chi connectivity index (χ3n) is 3.60. The Kier molecular flexibility index (Phi) is 5.14. The van der Waals surface area contributed by atoms with Crippen molar-refractivity contribution in [2.75, 3.05) is 19.6 Å². The number of nitrogens with zero attached hydrogens (tertiary/aromatic N) is 1. The predicted molar refractivity (Wildman–Crippen MR) is 68.4 cm³/mol. The van der Waals surface area contributed by atoms with Gasteiger partial charge in [0.15, 0.2) is 0 Å². The lowest BCUT2D eigenvalue weighted by Crippen LogP contribution is -2.50. The van der Waals surface area contributed by atoms with Crippen LogP contribution in [0.4, 0.5) is 4.79 Å². The van der Waals surface area contributed by atoms with E-state index in [4.69, 9.17) is 5.73 Å². The van der Waals surface area contributed by atoms with Gasteiger partial charge in [0.2, 0.25) is 5.91 Å². The van der Waals surface area contributed by atoms with E-state index in [2.05, 4.69) is 5.32 Å². The highest BCUT2D eigenvalue weighted by Crippen LogP contribution is 2.36. The standard InChI is InChI=1S/C12H21N3O4/c1-2-3-12(10(17)18)4-6-15(7-5-12)11(19)14-8-9(13)16/h2-8H2,1H3,(H2,13,16)(H,14,19)(H,17,18). The lowest BCUT2D eigenvalue weighted by Gasteiger charge is -2.38. The maximum atomic E-state index is 11.7. The Morgan fingerprint density at radius 3 is 2.32 bits per heavy atom. The van der Waals surface area contributed by atoms with Gasteiger partial charge in [0.1, 0.15) is 0 Å². The summed E-state index contributed by atoms with van der Waals surface area (Å²) in [5.74, 6) is -1.39. The Labute approximate surface area is 112 Å². The number of likely N-dealkylation sites (tertiary alicyclic amines) is 1. The highest BCUT2D eigenvalue weighted by Gasteiger charge is 2.41. The second-order valence-electron chi connectivity index (χ2n) is 4.95. The van der Waals surface area contributed by atoms with Crippen LogP contribution in [0.25, 0.3) is 0 Å². The van der Waals surface area contributed by atoms with Crippen LogP contribution in [-0.4, -0.2) is 47.5 Å². The molecule has 0 aliphatic carbocycles. The molecule has 0 aromatic rings. The van der Waals surface area contributed by atoms with Crippen molar-refractivity contribution in [3.63, 3.8) is 0 Å². The SMILES string of the molecule is CCCC1(C(=O)O)CCN(C(=O)NCC(N)=O)CC1. The van der Waals surface area contributed by atoms with Gasteiger partial charge in [-0.1, -0.05) is 13.3 Å². The van der Waals surface area contributed by atoms with Crippen molar-refractivity contribution in [2.24, 2.45) is 11.1 Å². The fourth-order valence-electron chi connectivity index (χ4n) is 2.46.